The number of pyridine rings is 1. The molecule has 0 aliphatic heterocycles. The van der Waals surface area contributed by atoms with Crippen molar-refractivity contribution >= 4 is 29.2 Å². The van der Waals surface area contributed by atoms with Crippen LogP contribution in [0.15, 0.2) is 29.2 Å². The Bertz CT molecular complexity index is 781. The topological polar surface area (TPSA) is 59.3 Å². The molecule has 1 N–H and O–H groups in total. The van der Waals surface area contributed by atoms with Crippen LogP contribution >= 0.6 is 23.2 Å². The lowest BCUT2D eigenvalue weighted by atomic mass is 10.0. The van der Waals surface area contributed by atoms with Gasteiger partial charge in [0.2, 0.25) is 5.43 Å². The molecule has 0 bridgehead atoms. The fourth-order valence-electron chi connectivity index (χ4n) is 2.20. The molecule has 6 heteroatoms. The molecule has 2 aromatic rings. The summed E-state index contributed by atoms with van der Waals surface area (Å²) in [5.74, 6) is -1.23. The molecule has 110 valence electrons. The molecule has 0 unspecified atom stereocenters. The van der Waals surface area contributed by atoms with Crippen molar-refractivity contribution in [3.05, 3.63) is 55.9 Å². The summed E-state index contributed by atoms with van der Waals surface area (Å²) in [6, 6.07) is 4.78. The van der Waals surface area contributed by atoms with E-state index in [4.69, 9.17) is 23.2 Å². The summed E-state index contributed by atoms with van der Waals surface area (Å²) in [5, 5.41) is 9.97. The van der Waals surface area contributed by atoms with Crippen LogP contribution < -0.4 is 5.43 Å². The van der Waals surface area contributed by atoms with Crippen molar-refractivity contribution in [3.8, 4) is 11.1 Å². The fourth-order valence-corrected chi connectivity index (χ4v) is 2.50. The van der Waals surface area contributed by atoms with E-state index in [1.165, 1.54) is 0 Å². The Morgan fingerprint density at radius 1 is 1.29 bits per heavy atom. The van der Waals surface area contributed by atoms with Crippen molar-refractivity contribution in [2.24, 2.45) is 0 Å². The first kappa shape index (κ1) is 15.6. The smallest absolute Gasteiger partial charge is 0.341 e. The average Bonchev–Trinajstić information content (AvgIpc) is 2.42. The normalized spacial score (nSPS) is 10.7. The summed E-state index contributed by atoms with van der Waals surface area (Å²) in [6.07, 6.45) is 1.64. The molecule has 0 fully saturated rings. The van der Waals surface area contributed by atoms with Crippen molar-refractivity contribution in [1.29, 1.82) is 0 Å². The average molecular weight is 326 g/mol. The van der Waals surface area contributed by atoms with Gasteiger partial charge in [-0.05, 0) is 31.5 Å². The molecule has 1 heterocycles. The monoisotopic (exact) mass is 325 g/mol. The molecule has 21 heavy (non-hydrogen) atoms. The first-order valence-corrected chi connectivity index (χ1v) is 7.05. The number of aromatic carboxylic acids is 1. The van der Waals surface area contributed by atoms with Gasteiger partial charge in [0.15, 0.2) is 0 Å². The summed E-state index contributed by atoms with van der Waals surface area (Å²) in [5.41, 5.74) is 0.514. The van der Waals surface area contributed by atoms with Crippen LogP contribution in [-0.2, 0) is 6.54 Å². The van der Waals surface area contributed by atoms with E-state index < -0.39 is 11.4 Å². The van der Waals surface area contributed by atoms with Crippen LogP contribution in [0.5, 0.6) is 0 Å². The standard InChI is InChI=1S/C15H13Cl2NO3/c1-3-18-7-10(9-4-5-11(16)12(17)6-9)14(19)13(8(18)2)15(20)21/h4-7H,3H2,1-2H3,(H,20,21). The lowest BCUT2D eigenvalue weighted by molar-refractivity contribution is 0.0693. The van der Waals surface area contributed by atoms with Crippen LogP contribution in [0.2, 0.25) is 10.0 Å². The fraction of sp³-hybridized carbons (Fsp3) is 0.200. The third kappa shape index (κ3) is 2.82. The molecule has 0 spiro atoms. The second-order valence-corrected chi connectivity index (χ2v) is 5.37. The number of hydrogen-bond acceptors (Lipinski definition) is 2. The van der Waals surface area contributed by atoms with Crippen LogP contribution in [-0.4, -0.2) is 15.6 Å². The van der Waals surface area contributed by atoms with Gasteiger partial charge in [0.25, 0.3) is 0 Å². The van der Waals surface area contributed by atoms with Crippen molar-refractivity contribution in [1.82, 2.24) is 4.57 Å². The minimum atomic E-state index is -1.23. The number of aryl methyl sites for hydroxylation is 1. The molecule has 0 radical (unpaired) electrons. The number of aromatic nitrogens is 1. The van der Waals surface area contributed by atoms with Crippen LogP contribution in [0, 0.1) is 6.92 Å². The van der Waals surface area contributed by atoms with E-state index in [1.807, 2.05) is 6.92 Å². The maximum absolute atomic E-state index is 12.4. The summed E-state index contributed by atoms with van der Waals surface area (Å²) in [6.45, 7) is 4.05. The van der Waals surface area contributed by atoms with Crippen molar-refractivity contribution < 1.29 is 9.90 Å². The minimum Gasteiger partial charge on any atom is -0.477 e. The van der Waals surface area contributed by atoms with Crippen molar-refractivity contribution in [2.45, 2.75) is 20.4 Å². The molecule has 0 saturated carbocycles. The highest BCUT2D eigenvalue weighted by Gasteiger charge is 2.19. The molecule has 4 nitrogen and oxygen atoms in total. The molecule has 2 rings (SSSR count). The predicted molar refractivity (Wildman–Crippen MR) is 83.5 cm³/mol. The summed E-state index contributed by atoms with van der Waals surface area (Å²) < 4.78 is 1.72. The number of rotatable bonds is 3. The molecule has 1 aromatic carbocycles. The molecule has 1 aromatic heterocycles. The molecule has 0 saturated heterocycles. The Morgan fingerprint density at radius 3 is 2.48 bits per heavy atom. The number of carbonyl (C=O) groups is 1. The Kier molecular flexibility index (Phi) is 4.40. The van der Waals surface area contributed by atoms with Gasteiger partial charge in [-0.3, -0.25) is 4.79 Å². The van der Waals surface area contributed by atoms with Crippen LogP contribution in [0.3, 0.4) is 0 Å². The molecular weight excluding hydrogens is 313 g/mol. The lowest BCUT2D eigenvalue weighted by Gasteiger charge is -2.13. The largest absolute Gasteiger partial charge is 0.477 e. The minimum absolute atomic E-state index is 0.222. The van der Waals surface area contributed by atoms with E-state index >= 15 is 0 Å². The predicted octanol–water partition coefficient (Wildman–Crippen LogP) is 3.85. The molecular formula is C15H13Cl2NO3. The van der Waals surface area contributed by atoms with Crippen LogP contribution in [0.25, 0.3) is 11.1 Å². The Morgan fingerprint density at radius 2 is 1.95 bits per heavy atom. The van der Waals surface area contributed by atoms with Crippen molar-refractivity contribution in [3.63, 3.8) is 0 Å². The molecule has 0 atom stereocenters. The number of carboxylic acids is 1. The third-order valence-corrected chi connectivity index (χ3v) is 4.07. The Hall–Kier alpha value is -1.78. The van der Waals surface area contributed by atoms with Gasteiger partial charge in [-0.25, -0.2) is 4.79 Å². The number of benzene rings is 1. The third-order valence-electron chi connectivity index (χ3n) is 3.33. The highest BCUT2D eigenvalue weighted by Crippen LogP contribution is 2.27. The Labute approximate surface area is 131 Å². The van der Waals surface area contributed by atoms with E-state index in [1.54, 1.807) is 35.9 Å². The van der Waals surface area contributed by atoms with Crippen LogP contribution in [0.4, 0.5) is 0 Å². The molecule has 0 aliphatic rings. The van der Waals surface area contributed by atoms with E-state index in [2.05, 4.69) is 0 Å². The second kappa shape index (κ2) is 5.92. The van der Waals surface area contributed by atoms with Crippen molar-refractivity contribution in [2.75, 3.05) is 0 Å². The summed E-state index contributed by atoms with van der Waals surface area (Å²) in [7, 11) is 0. The highest BCUT2D eigenvalue weighted by molar-refractivity contribution is 6.42. The quantitative estimate of drug-likeness (QED) is 0.932. The summed E-state index contributed by atoms with van der Waals surface area (Å²) >= 11 is 11.8. The summed E-state index contributed by atoms with van der Waals surface area (Å²) in [4.78, 5) is 23.8. The highest BCUT2D eigenvalue weighted by atomic mass is 35.5. The van der Waals surface area contributed by atoms with Crippen LogP contribution in [0.1, 0.15) is 23.0 Å². The first-order chi connectivity index (χ1) is 9.86. The first-order valence-electron chi connectivity index (χ1n) is 6.29. The Balaban J connectivity index is 2.80. The SMILES string of the molecule is CCn1cc(-c2ccc(Cl)c(Cl)c2)c(=O)c(C(=O)O)c1C. The van der Waals surface area contributed by atoms with Gasteiger partial charge >= 0.3 is 5.97 Å². The number of hydrogen-bond donors (Lipinski definition) is 1. The van der Waals surface area contributed by atoms with E-state index in [-0.39, 0.29) is 5.56 Å². The zero-order valence-electron chi connectivity index (χ0n) is 11.5. The zero-order valence-corrected chi connectivity index (χ0v) is 13.0. The maximum atomic E-state index is 12.4. The van der Waals surface area contributed by atoms with Gasteiger partial charge in [0.1, 0.15) is 5.56 Å². The van der Waals surface area contributed by atoms with Gasteiger partial charge in [-0.1, -0.05) is 29.3 Å². The second-order valence-electron chi connectivity index (χ2n) is 4.55. The van der Waals surface area contributed by atoms with Gasteiger partial charge < -0.3 is 9.67 Å². The van der Waals surface area contributed by atoms with Gasteiger partial charge in [-0.15, -0.1) is 0 Å². The lowest BCUT2D eigenvalue weighted by Crippen LogP contribution is -2.23. The van der Waals surface area contributed by atoms with Gasteiger partial charge in [0.05, 0.1) is 10.0 Å². The van der Waals surface area contributed by atoms with E-state index in [0.717, 1.165) is 0 Å². The number of carboxylic acid groups (broad SMARTS) is 1. The van der Waals surface area contributed by atoms with E-state index in [9.17, 15) is 14.7 Å². The molecule has 0 aliphatic carbocycles. The van der Waals surface area contributed by atoms with E-state index in [0.29, 0.717) is 33.4 Å². The molecule has 0 amide bonds. The number of halogens is 2. The van der Waals surface area contributed by atoms with Gasteiger partial charge in [0, 0.05) is 24.0 Å². The number of nitrogens with zero attached hydrogens (tertiary/aromatic N) is 1. The van der Waals surface area contributed by atoms with Gasteiger partial charge in [-0.2, -0.15) is 0 Å². The zero-order chi connectivity index (χ0) is 15.7. The maximum Gasteiger partial charge on any atom is 0.341 e.